The average Bonchev–Trinajstić information content (AvgIpc) is 3.17. The molecule has 2 aromatic rings. The van der Waals surface area contributed by atoms with E-state index in [9.17, 15) is 26.4 Å². The molecular weight excluding hydrogens is 381 g/mol. The lowest BCUT2D eigenvalue weighted by Crippen LogP contribution is -2.18. The Labute approximate surface area is 154 Å². The number of benzene rings is 1. The molecule has 0 bridgehead atoms. The lowest BCUT2D eigenvalue weighted by molar-refractivity contribution is -0.141. The third-order valence-corrected chi connectivity index (χ3v) is 6.75. The molecule has 1 amide bonds. The van der Waals surface area contributed by atoms with Crippen LogP contribution >= 0.6 is 0 Å². The van der Waals surface area contributed by atoms with Gasteiger partial charge in [-0.15, -0.1) is 0 Å². The van der Waals surface area contributed by atoms with Gasteiger partial charge in [-0.3, -0.25) is 4.79 Å². The summed E-state index contributed by atoms with van der Waals surface area (Å²) in [6.45, 7) is 0. The molecule has 144 valence electrons. The Balaban J connectivity index is 1.75. The summed E-state index contributed by atoms with van der Waals surface area (Å²) in [6, 6.07) is 8.56. The molecule has 27 heavy (non-hydrogen) atoms. The zero-order valence-electron chi connectivity index (χ0n) is 14.2. The van der Waals surface area contributed by atoms with Crippen LogP contribution in [0.1, 0.15) is 41.7 Å². The number of amides is 1. The van der Waals surface area contributed by atoms with Crippen molar-refractivity contribution in [3.05, 3.63) is 53.7 Å². The number of halogens is 3. The molecule has 0 atom stereocenters. The number of pyridine rings is 1. The Hall–Kier alpha value is -2.42. The molecule has 1 aliphatic carbocycles. The van der Waals surface area contributed by atoms with Gasteiger partial charge in [0.15, 0.2) is 9.84 Å². The van der Waals surface area contributed by atoms with Gasteiger partial charge in [-0.1, -0.05) is 18.9 Å². The molecule has 1 heterocycles. The zero-order valence-corrected chi connectivity index (χ0v) is 15.0. The van der Waals surface area contributed by atoms with Crippen molar-refractivity contribution in [2.75, 3.05) is 5.32 Å². The summed E-state index contributed by atoms with van der Waals surface area (Å²) in [5.41, 5.74) is -0.988. The Kier molecular flexibility index (Phi) is 5.23. The number of anilines is 1. The van der Waals surface area contributed by atoms with E-state index in [0.29, 0.717) is 12.8 Å². The smallest absolute Gasteiger partial charge is 0.307 e. The zero-order chi connectivity index (χ0) is 19.7. The summed E-state index contributed by atoms with van der Waals surface area (Å²) >= 11 is 0. The maximum absolute atomic E-state index is 12.7. The minimum atomic E-state index is -4.61. The first-order chi connectivity index (χ1) is 12.7. The van der Waals surface area contributed by atoms with Crippen molar-refractivity contribution >= 4 is 21.6 Å². The average molecular weight is 398 g/mol. The summed E-state index contributed by atoms with van der Waals surface area (Å²) in [5, 5.41) is 1.89. The number of hydrogen-bond acceptors (Lipinski definition) is 4. The van der Waals surface area contributed by atoms with Gasteiger partial charge in [0.2, 0.25) is 0 Å². The maximum Gasteiger partial charge on any atom is 0.433 e. The van der Waals surface area contributed by atoms with Crippen LogP contribution in [0.25, 0.3) is 0 Å². The molecule has 1 aromatic heterocycles. The van der Waals surface area contributed by atoms with E-state index < -0.39 is 32.9 Å². The number of carbonyl (C=O) groups excluding carboxylic acids is 1. The van der Waals surface area contributed by atoms with Crippen molar-refractivity contribution in [1.29, 1.82) is 0 Å². The minimum absolute atomic E-state index is 0.125. The van der Waals surface area contributed by atoms with E-state index in [1.807, 2.05) is 0 Å². The van der Waals surface area contributed by atoms with Crippen LogP contribution in [-0.4, -0.2) is 24.6 Å². The van der Waals surface area contributed by atoms with Gasteiger partial charge in [0.05, 0.1) is 10.1 Å². The number of aromatic nitrogens is 1. The van der Waals surface area contributed by atoms with E-state index in [2.05, 4.69) is 10.3 Å². The molecule has 1 aromatic carbocycles. The standard InChI is InChI=1S/C18H17F3N2O3S/c19-18(20,21)15-6-3-7-16(22-15)23-17(24)12-8-10-14(11-9-12)27(25,26)13-4-1-2-5-13/h3,6-11,13H,1-2,4-5H2,(H,22,23,24). The van der Waals surface area contributed by atoms with E-state index in [0.717, 1.165) is 25.0 Å². The number of carbonyl (C=O) groups is 1. The van der Waals surface area contributed by atoms with E-state index in [4.69, 9.17) is 0 Å². The minimum Gasteiger partial charge on any atom is -0.307 e. The molecule has 0 aliphatic heterocycles. The van der Waals surface area contributed by atoms with Gasteiger partial charge in [0, 0.05) is 5.56 Å². The molecule has 0 spiro atoms. The lowest BCUT2D eigenvalue weighted by Gasteiger charge is -2.12. The predicted molar refractivity (Wildman–Crippen MR) is 93.1 cm³/mol. The predicted octanol–water partition coefficient (Wildman–Crippen LogP) is 4.07. The van der Waals surface area contributed by atoms with Crippen LogP contribution in [0.15, 0.2) is 47.4 Å². The van der Waals surface area contributed by atoms with Gasteiger partial charge in [-0.25, -0.2) is 13.4 Å². The molecule has 0 unspecified atom stereocenters. The SMILES string of the molecule is O=C(Nc1cccc(C(F)(F)F)n1)c1ccc(S(=O)(=O)C2CCCC2)cc1. The highest BCUT2D eigenvalue weighted by molar-refractivity contribution is 7.92. The van der Waals surface area contributed by atoms with Gasteiger partial charge in [0.25, 0.3) is 5.91 Å². The molecule has 1 saturated carbocycles. The summed E-state index contributed by atoms with van der Waals surface area (Å²) in [4.78, 5) is 15.7. The van der Waals surface area contributed by atoms with Crippen molar-refractivity contribution in [2.45, 2.75) is 42.0 Å². The summed E-state index contributed by atoms with van der Waals surface area (Å²) in [5.74, 6) is -0.913. The van der Waals surface area contributed by atoms with Gasteiger partial charge in [0.1, 0.15) is 11.5 Å². The number of hydrogen-bond donors (Lipinski definition) is 1. The van der Waals surface area contributed by atoms with Crippen LogP contribution in [0, 0.1) is 0 Å². The van der Waals surface area contributed by atoms with Crippen molar-refractivity contribution in [3.8, 4) is 0 Å². The van der Waals surface area contributed by atoms with Crippen molar-refractivity contribution in [2.24, 2.45) is 0 Å². The second-order valence-electron chi connectivity index (χ2n) is 6.34. The highest BCUT2D eigenvalue weighted by Crippen LogP contribution is 2.30. The summed E-state index contributed by atoms with van der Waals surface area (Å²) < 4.78 is 63.1. The molecule has 0 radical (unpaired) electrons. The van der Waals surface area contributed by atoms with Gasteiger partial charge >= 0.3 is 6.18 Å². The maximum atomic E-state index is 12.7. The quantitative estimate of drug-likeness (QED) is 0.842. The Morgan fingerprint density at radius 1 is 1.04 bits per heavy atom. The number of rotatable bonds is 4. The molecule has 5 nitrogen and oxygen atoms in total. The third kappa shape index (κ3) is 4.29. The Morgan fingerprint density at radius 3 is 2.26 bits per heavy atom. The fraction of sp³-hybridized carbons (Fsp3) is 0.333. The number of sulfone groups is 1. The van der Waals surface area contributed by atoms with Crippen LogP contribution in [0.3, 0.4) is 0 Å². The van der Waals surface area contributed by atoms with Crippen molar-refractivity contribution in [1.82, 2.24) is 4.98 Å². The van der Waals surface area contributed by atoms with E-state index >= 15 is 0 Å². The van der Waals surface area contributed by atoms with Gasteiger partial charge < -0.3 is 5.32 Å². The topological polar surface area (TPSA) is 76.1 Å². The van der Waals surface area contributed by atoms with Crippen molar-refractivity contribution in [3.63, 3.8) is 0 Å². The number of alkyl halides is 3. The van der Waals surface area contributed by atoms with E-state index in [1.165, 1.54) is 30.3 Å². The summed E-state index contributed by atoms with van der Waals surface area (Å²) in [6.07, 6.45) is -1.59. The molecule has 1 aliphatic rings. The Morgan fingerprint density at radius 2 is 1.67 bits per heavy atom. The number of nitrogens with zero attached hydrogens (tertiary/aromatic N) is 1. The van der Waals surface area contributed by atoms with Crippen LogP contribution in [0.2, 0.25) is 0 Å². The highest BCUT2D eigenvalue weighted by atomic mass is 32.2. The monoisotopic (exact) mass is 398 g/mol. The second kappa shape index (κ2) is 7.30. The summed E-state index contributed by atoms with van der Waals surface area (Å²) in [7, 11) is -3.43. The van der Waals surface area contributed by atoms with Crippen LogP contribution in [-0.2, 0) is 16.0 Å². The molecule has 9 heteroatoms. The van der Waals surface area contributed by atoms with Gasteiger partial charge in [-0.2, -0.15) is 13.2 Å². The van der Waals surface area contributed by atoms with Crippen LogP contribution < -0.4 is 5.32 Å². The number of nitrogens with one attached hydrogen (secondary N) is 1. The first kappa shape index (κ1) is 19.3. The first-order valence-corrected chi connectivity index (χ1v) is 9.92. The molecule has 1 N–H and O–H groups in total. The fourth-order valence-electron chi connectivity index (χ4n) is 3.04. The van der Waals surface area contributed by atoms with Crippen LogP contribution in [0.4, 0.5) is 19.0 Å². The lowest BCUT2D eigenvalue weighted by atomic mass is 10.2. The van der Waals surface area contributed by atoms with E-state index in [1.54, 1.807) is 0 Å². The molecule has 1 fully saturated rings. The van der Waals surface area contributed by atoms with Crippen molar-refractivity contribution < 1.29 is 26.4 Å². The van der Waals surface area contributed by atoms with Gasteiger partial charge in [-0.05, 0) is 49.2 Å². The largest absolute Gasteiger partial charge is 0.433 e. The normalized spacial score (nSPS) is 15.7. The molecular formula is C18H17F3N2O3S. The molecule has 3 rings (SSSR count). The third-order valence-electron chi connectivity index (χ3n) is 4.47. The Bertz CT molecular complexity index is 935. The fourth-order valence-corrected chi connectivity index (χ4v) is 4.89. The molecule has 0 saturated heterocycles. The van der Waals surface area contributed by atoms with E-state index in [-0.39, 0.29) is 16.3 Å². The first-order valence-electron chi connectivity index (χ1n) is 8.37. The van der Waals surface area contributed by atoms with Crippen LogP contribution in [0.5, 0.6) is 0 Å². The highest BCUT2D eigenvalue weighted by Gasteiger charge is 2.33. The second-order valence-corrected chi connectivity index (χ2v) is 8.56.